The molecule has 0 spiro atoms. The summed E-state index contributed by atoms with van der Waals surface area (Å²) >= 11 is 0. The average Bonchev–Trinajstić information content (AvgIpc) is 3.06. The summed E-state index contributed by atoms with van der Waals surface area (Å²) in [6.45, 7) is 4.08. The molecule has 0 amide bonds. The molecule has 0 radical (unpaired) electrons. The van der Waals surface area contributed by atoms with Crippen molar-refractivity contribution in [2.45, 2.75) is 19.9 Å². The van der Waals surface area contributed by atoms with Crippen molar-refractivity contribution in [3.63, 3.8) is 0 Å². The second-order valence-electron chi connectivity index (χ2n) is 6.07. The Labute approximate surface area is 146 Å². The molecule has 25 heavy (non-hydrogen) atoms. The van der Waals surface area contributed by atoms with Crippen LogP contribution in [0.2, 0.25) is 0 Å². The number of rotatable bonds is 4. The Hall–Kier alpha value is -3.21. The zero-order valence-electron chi connectivity index (χ0n) is 14.2. The van der Waals surface area contributed by atoms with Crippen molar-refractivity contribution in [1.82, 2.24) is 19.5 Å². The first kappa shape index (κ1) is 15.3. The Morgan fingerprint density at radius 3 is 2.56 bits per heavy atom. The van der Waals surface area contributed by atoms with Crippen LogP contribution >= 0.6 is 0 Å². The molecule has 4 rings (SSSR count). The molecule has 0 bridgehead atoms. The van der Waals surface area contributed by atoms with Gasteiger partial charge in [0.15, 0.2) is 0 Å². The molecular formula is C20H19N5. The largest absolute Gasteiger partial charge is 0.348 e. The molecule has 1 atom stereocenters. The van der Waals surface area contributed by atoms with Crippen LogP contribution in [0.1, 0.15) is 24.2 Å². The van der Waals surface area contributed by atoms with Crippen molar-refractivity contribution >= 4 is 17.0 Å². The lowest BCUT2D eigenvalue weighted by Gasteiger charge is -2.15. The maximum absolute atomic E-state index is 4.69. The van der Waals surface area contributed by atoms with Gasteiger partial charge in [0.1, 0.15) is 12.1 Å². The topological polar surface area (TPSA) is 55.6 Å². The highest BCUT2D eigenvalue weighted by Crippen LogP contribution is 2.20. The smallest absolute Gasteiger partial charge is 0.225 e. The molecule has 0 saturated heterocycles. The quantitative estimate of drug-likeness (QED) is 0.606. The van der Waals surface area contributed by atoms with E-state index in [2.05, 4.69) is 34.3 Å². The van der Waals surface area contributed by atoms with Gasteiger partial charge < -0.3 is 5.32 Å². The van der Waals surface area contributed by atoms with Gasteiger partial charge in [0.25, 0.3) is 0 Å². The lowest BCUT2D eigenvalue weighted by molar-refractivity contribution is 0.850. The number of nitrogens with zero attached hydrogens (tertiary/aromatic N) is 4. The van der Waals surface area contributed by atoms with Crippen LogP contribution in [0.5, 0.6) is 0 Å². The van der Waals surface area contributed by atoms with Crippen molar-refractivity contribution in [2.75, 3.05) is 5.32 Å². The van der Waals surface area contributed by atoms with Crippen LogP contribution in [-0.2, 0) is 0 Å². The number of para-hydroxylation sites is 2. The molecule has 4 aromatic rings. The molecule has 2 aromatic carbocycles. The predicted molar refractivity (Wildman–Crippen MR) is 99.9 cm³/mol. The van der Waals surface area contributed by atoms with E-state index in [4.69, 9.17) is 4.98 Å². The van der Waals surface area contributed by atoms with E-state index in [0.29, 0.717) is 5.95 Å². The minimum absolute atomic E-state index is 0.121. The fourth-order valence-electron chi connectivity index (χ4n) is 2.90. The van der Waals surface area contributed by atoms with Crippen LogP contribution < -0.4 is 5.32 Å². The fourth-order valence-corrected chi connectivity index (χ4v) is 2.90. The molecular weight excluding hydrogens is 310 g/mol. The summed E-state index contributed by atoms with van der Waals surface area (Å²) in [4.78, 5) is 13.7. The van der Waals surface area contributed by atoms with Gasteiger partial charge >= 0.3 is 0 Å². The first-order valence-corrected chi connectivity index (χ1v) is 8.30. The van der Waals surface area contributed by atoms with E-state index in [1.807, 2.05) is 60.0 Å². The molecule has 0 fully saturated rings. The minimum Gasteiger partial charge on any atom is -0.348 e. The van der Waals surface area contributed by atoms with Gasteiger partial charge in [0.2, 0.25) is 5.95 Å². The van der Waals surface area contributed by atoms with E-state index in [1.165, 1.54) is 5.56 Å². The number of imidazole rings is 1. The van der Waals surface area contributed by atoms with E-state index in [-0.39, 0.29) is 6.04 Å². The van der Waals surface area contributed by atoms with Gasteiger partial charge in [0.05, 0.1) is 17.1 Å². The zero-order chi connectivity index (χ0) is 17.2. The molecule has 5 nitrogen and oxygen atoms in total. The second kappa shape index (κ2) is 6.36. The van der Waals surface area contributed by atoms with E-state index in [0.717, 1.165) is 22.5 Å². The first-order chi connectivity index (χ1) is 12.2. The second-order valence-corrected chi connectivity index (χ2v) is 6.07. The van der Waals surface area contributed by atoms with Crippen molar-refractivity contribution < 1.29 is 0 Å². The Morgan fingerprint density at radius 2 is 1.72 bits per heavy atom. The standard InChI is InChI=1S/C20H19N5/c1-14-12-19(25-13-21-17-10-6-7-11-18(17)25)24-20(22-14)23-15(2)16-8-4-3-5-9-16/h3-13,15H,1-2H3,(H,22,23,24). The van der Waals surface area contributed by atoms with Crippen molar-refractivity contribution in [3.05, 3.63) is 78.2 Å². The van der Waals surface area contributed by atoms with Gasteiger partial charge in [-0.2, -0.15) is 4.98 Å². The first-order valence-electron chi connectivity index (χ1n) is 8.30. The molecule has 5 heteroatoms. The Balaban J connectivity index is 1.69. The van der Waals surface area contributed by atoms with Gasteiger partial charge in [-0.1, -0.05) is 42.5 Å². The number of aryl methyl sites for hydroxylation is 1. The monoisotopic (exact) mass is 329 g/mol. The fraction of sp³-hybridized carbons (Fsp3) is 0.150. The van der Waals surface area contributed by atoms with E-state index < -0.39 is 0 Å². The molecule has 0 aliphatic carbocycles. The number of hydrogen-bond acceptors (Lipinski definition) is 4. The van der Waals surface area contributed by atoms with E-state index >= 15 is 0 Å². The van der Waals surface area contributed by atoms with Crippen LogP contribution in [0.15, 0.2) is 67.0 Å². The molecule has 0 aliphatic rings. The normalized spacial score (nSPS) is 12.2. The highest BCUT2D eigenvalue weighted by molar-refractivity contribution is 5.76. The van der Waals surface area contributed by atoms with E-state index in [9.17, 15) is 0 Å². The zero-order valence-corrected chi connectivity index (χ0v) is 14.2. The number of nitrogens with one attached hydrogen (secondary N) is 1. The summed E-state index contributed by atoms with van der Waals surface area (Å²) in [6.07, 6.45) is 1.80. The number of fused-ring (bicyclic) bond motifs is 1. The van der Waals surface area contributed by atoms with Crippen LogP contribution in [-0.4, -0.2) is 19.5 Å². The number of benzene rings is 2. The molecule has 0 aliphatic heterocycles. The van der Waals surface area contributed by atoms with Crippen molar-refractivity contribution in [2.24, 2.45) is 0 Å². The molecule has 2 aromatic heterocycles. The molecule has 1 N–H and O–H groups in total. The molecule has 1 unspecified atom stereocenters. The van der Waals surface area contributed by atoms with Crippen LogP contribution in [0.25, 0.3) is 16.9 Å². The number of aromatic nitrogens is 4. The molecule has 2 heterocycles. The molecule has 0 saturated carbocycles. The highest BCUT2D eigenvalue weighted by atomic mass is 15.2. The van der Waals surface area contributed by atoms with Gasteiger partial charge in [-0.15, -0.1) is 0 Å². The third kappa shape index (κ3) is 3.08. The van der Waals surface area contributed by atoms with Gasteiger partial charge in [-0.25, -0.2) is 9.97 Å². The van der Waals surface area contributed by atoms with Crippen LogP contribution in [0, 0.1) is 6.92 Å². The van der Waals surface area contributed by atoms with Crippen LogP contribution in [0.3, 0.4) is 0 Å². The van der Waals surface area contributed by atoms with E-state index in [1.54, 1.807) is 6.33 Å². The third-order valence-corrected chi connectivity index (χ3v) is 4.19. The SMILES string of the molecule is Cc1cc(-n2cnc3ccccc32)nc(NC(C)c2ccccc2)n1. The summed E-state index contributed by atoms with van der Waals surface area (Å²) in [6, 6.07) is 20.4. The Bertz CT molecular complexity index is 1010. The Morgan fingerprint density at radius 1 is 0.960 bits per heavy atom. The van der Waals surface area contributed by atoms with Crippen molar-refractivity contribution in [3.8, 4) is 5.82 Å². The minimum atomic E-state index is 0.121. The summed E-state index contributed by atoms with van der Waals surface area (Å²) in [5.74, 6) is 1.42. The maximum atomic E-state index is 4.69. The lowest BCUT2D eigenvalue weighted by atomic mass is 10.1. The van der Waals surface area contributed by atoms with Gasteiger partial charge in [-0.05, 0) is 31.5 Å². The lowest BCUT2D eigenvalue weighted by Crippen LogP contribution is -2.11. The van der Waals surface area contributed by atoms with Gasteiger partial charge in [-0.3, -0.25) is 4.57 Å². The van der Waals surface area contributed by atoms with Crippen molar-refractivity contribution in [1.29, 1.82) is 0 Å². The number of anilines is 1. The number of hydrogen-bond donors (Lipinski definition) is 1. The van der Waals surface area contributed by atoms with Gasteiger partial charge in [0, 0.05) is 11.8 Å². The maximum Gasteiger partial charge on any atom is 0.225 e. The summed E-state index contributed by atoms with van der Waals surface area (Å²) in [5.41, 5.74) is 4.08. The summed E-state index contributed by atoms with van der Waals surface area (Å²) < 4.78 is 1.99. The summed E-state index contributed by atoms with van der Waals surface area (Å²) in [7, 11) is 0. The highest BCUT2D eigenvalue weighted by Gasteiger charge is 2.11. The van der Waals surface area contributed by atoms with Crippen LogP contribution in [0.4, 0.5) is 5.95 Å². The summed E-state index contributed by atoms with van der Waals surface area (Å²) in [5, 5.41) is 3.39. The molecule has 124 valence electrons. The predicted octanol–water partition coefficient (Wildman–Crippen LogP) is 4.30. The third-order valence-electron chi connectivity index (χ3n) is 4.19. The average molecular weight is 329 g/mol. The Kier molecular flexibility index (Phi) is 3.90.